The quantitative estimate of drug-likeness (QED) is 0.321. The van der Waals surface area contributed by atoms with Gasteiger partial charge in [0.1, 0.15) is 15.7 Å². The zero-order valence-electron chi connectivity index (χ0n) is 17.1. The van der Waals surface area contributed by atoms with Crippen molar-refractivity contribution >= 4 is 40.7 Å². The fourth-order valence-electron chi connectivity index (χ4n) is 2.79. The number of aromatic nitrogens is 3. The number of thiazole rings is 1. The van der Waals surface area contributed by atoms with Gasteiger partial charge in [0.25, 0.3) is 5.56 Å². The summed E-state index contributed by atoms with van der Waals surface area (Å²) < 4.78 is 7.81. The van der Waals surface area contributed by atoms with Crippen molar-refractivity contribution in [3.05, 3.63) is 72.9 Å². The molecule has 3 rings (SSSR count). The molecule has 2 aromatic heterocycles. The first-order chi connectivity index (χ1) is 14.7. The Bertz CT molecular complexity index is 1280. The number of ketones is 1. The lowest BCUT2D eigenvalue weighted by molar-refractivity contribution is 0.0473. The predicted molar refractivity (Wildman–Crippen MR) is 119 cm³/mol. The van der Waals surface area contributed by atoms with Gasteiger partial charge in [-0.25, -0.2) is 14.6 Å². The van der Waals surface area contributed by atoms with E-state index in [1.165, 1.54) is 37.2 Å². The van der Waals surface area contributed by atoms with Gasteiger partial charge in [-0.15, -0.1) is 11.3 Å². The molecule has 0 aliphatic carbocycles. The van der Waals surface area contributed by atoms with E-state index in [1.807, 2.05) is 12.3 Å². The summed E-state index contributed by atoms with van der Waals surface area (Å²) in [4.78, 5) is 53.7. The molecule has 0 aliphatic heterocycles. The van der Waals surface area contributed by atoms with Crippen molar-refractivity contribution in [2.24, 2.45) is 14.1 Å². The van der Waals surface area contributed by atoms with Crippen LogP contribution in [0.1, 0.15) is 32.0 Å². The maximum absolute atomic E-state index is 12.6. The number of hydrogen-bond acceptors (Lipinski definition) is 9. The van der Waals surface area contributed by atoms with E-state index < -0.39 is 29.6 Å². The second-order valence-corrected chi connectivity index (χ2v) is 8.75. The summed E-state index contributed by atoms with van der Waals surface area (Å²) in [5, 5.41) is 1.95. The topological polar surface area (TPSA) is 126 Å². The fraction of sp³-hybridized carbons (Fsp3) is 0.250. The number of esters is 1. The predicted octanol–water partition coefficient (Wildman–Crippen LogP) is 1.76. The third kappa shape index (κ3) is 4.78. The van der Waals surface area contributed by atoms with E-state index >= 15 is 0 Å². The number of rotatable bonds is 7. The number of nitrogen functional groups attached to an aromatic ring is 1. The number of thioether (sulfide) groups is 1. The molecule has 0 atom stereocenters. The Morgan fingerprint density at radius 1 is 1.19 bits per heavy atom. The van der Waals surface area contributed by atoms with Crippen molar-refractivity contribution in [3.8, 4) is 0 Å². The van der Waals surface area contributed by atoms with Crippen LogP contribution in [0.4, 0.5) is 5.82 Å². The molecule has 0 saturated carbocycles. The fourth-order valence-corrected chi connectivity index (χ4v) is 4.64. The van der Waals surface area contributed by atoms with E-state index in [2.05, 4.69) is 4.98 Å². The molecular weight excluding hydrogens is 440 g/mol. The average Bonchev–Trinajstić information content (AvgIpc) is 3.18. The molecule has 0 aliphatic rings. The minimum Gasteiger partial charge on any atom is -0.454 e. The van der Waals surface area contributed by atoms with Crippen LogP contribution in [0.5, 0.6) is 0 Å². The molecule has 0 fully saturated rings. The number of anilines is 1. The van der Waals surface area contributed by atoms with E-state index in [1.54, 1.807) is 24.3 Å². The van der Waals surface area contributed by atoms with Crippen LogP contribution in [0.3, 0.4) is 0 Å². The van der Waals surface area contributed by atoms with Crippen molar-refractivity contribution in [1.82, 2.24) is 14.1 Å². The first-order valence-corrected chi connectivity index (χ1v) is 11.0. The van der Waals surface area contributed by atoms with E-state index in [9.17, 15) is 19.2 Å². The lowest BCUT2D eigenvalue weighted by Crippen LogP contribution is -2.42. The van der Waals surface area contributed by atoms with Crippen LogP contribution in [0, 0.1) is 6.92 Å². The van der Waals surface area contributed by atoms with Gasteiger partial charge in [-0.1, -0.05) is 30.0 Å². The summed E-state index contributed by atoms with van der Waals surface area (Å²) in [7, 11) is 2.59. The van der Waals surface area contributed by atoms with E-state index in [0.29, 0.717) is 11.3 Å². The zero-order chi connectivity index (χ0) is 22.7. The van der Waals surface area contributed by atoms with Crippen LogP contribution < -0.4 is 17.0 Å². The average molecular weight is 461 g/mol. The highest BCUT2D eigenvalue weighted by Crippen LogP contribution is 2.27. The number of carbonyl (C=O) groups excluding carboxylic acids is 2. The molecule has 0 spiro atoms. The Hall–Kier alpha value is -3.18. The Labute approximate surface area is 185 Å². The van der Waals surface area contributed by atoms with Crippen molar-refractivity contribution in [2.45, 2.75) is 17.0 Å². The number of carbonyl (C=O) groups is 2. The summed E-state index contributed by atoms with van der Waals surface area (Å²) in [6.07, 6.45) is 0. The molecule has 162 valence electrons. The zero-order valence-corrected chi connectivity index (χ0v) is 18.7. The lowest BCUT2D eigenvalue weighted by Gasteiger charge is -2.12. The third-order valence-electron chi connectivity index (χ3n) is 4.51. The highest BCUT2D eigenvalue weighted by Gasteiger charge is 2.22. The first-order valence-electron chi connectivity index (χ1n) is 9.09. The first kappa shape index (κ1) is 22.5. The summed E-state index contributed by atoms with van der Waals surface area (Å²) in [5.41, 5.74) is 5.88. The van der Waals surface area contributed by atoms with Crippen LogP contribution in [0.2, 0.25) is 0 Å². The largest absolute Gasteiger partial charge is 0.454 e. The Balaban J connectivity index is 1.74. The minimum atomic E-state index is -0.836. The molecule has 2 N–H and O–H groups in total. The van der Waals surface area contributed by atoms with Crippen molar-refractivity contribution in [1.29, 1.82) is 0 Å². The van der Waals surface area contributed by atoms with Gasteiger partial charge in [0.15, 0.2) is 6.61 Å². The summed E-state index contributed by atoms with van der Waals surface area (Å²) in [6.45, 7) is 1.23. The molecule has 0 bridgehead atoms. The summed E-state index contributed by atoms with van der Waals surface area (Å²) in [6, 6.07) is 6.91. The number of aryl methyl sites for hydroxylation is 1. The van der Waals surface area contributed by atoms with E-state index in [-0.39, 0.29) is 11.4 Å². The van der Waals surface area contributed by atoms with Gasteiger partial charge in [0, 0.05) is 30.9 Å². The molecule has 11 heteroatoms. The summed E-state index contributed by atoms with van der Waals surface area (Å²) in [5.74, 6) is -1.25. The van der Waals surface area contributed by atoms with Gasteiger partial charge in [-0.3, -0.25) is 18.7 Å². The molecule has 0 saturated heterocycles. The van der Waals surface area contributed by atoms with Crippen molar-refractivity contribution in [2.75, 3.05) is 12.3 Å². The Morgan fingerprint density at radius 2 is 1.90 bits per heavy atom. The van der Waals surface area contributed by atoms with Gasteiger partial charge in [-0.2, -0.15) is 0 Å². The van der Waals surface area contributed by atoms with Gasteiger partial charge >= 0.3 is 11.7 Å². The Morgan fingerprint density at radius 3 is 2.58 bits per heavy atom. The third-order valence-corrected chi connectivity index (χ3v) is 6.70. The van der Waals surface area contributed by atoms with Crippen LogP contribution >= 0.6 is 23.1 Å². The molecule has 0 radical (unpaired) electrons. The number of ether oxygens (including phenoxy) is 1. The molecule has 3 aromatic rings. The van der Waals surface area contributed by atoms with Gasteiger partial charge in [0.05, 0.1) is 5.56 Å². The number of nitrogens with zero attached hydrogens (tertiary/aromatic N) is 3. The normalized spacial score (nSPS) is 10.8. The number of Topliss-reactive ketones (excluding diaryl/α,β-unsaturated/α-hetero) is 1. The van der Waals surface area contributed by atoms with Crippen molar-refractivity contribution in [3.63, 3.8) is 0 Å². The monoisotopic (exact) mass is 460 g/mol. The molecule has 31 heavy (non-hydrogen) atoms. The van der Waals surface area contributed by atoms with Gasteiger partial charge < -0.3 is 10.5 Å². The minimum absolute atomic E-state index is 0.273. The maximum Gasteiger partial charge on any atom is 0.338 e. The van der Waals surface area contributed by atoms with E-state index in [4.69, 9.17) is 10.5 Å². The molecule has 1 aromatic carbocycles. The second kappa shape index (κ2) is 9.31. The second-order valence-electron chi connectivity index (χ2n) is 6.67. The molecule has 2 heterocycles. The summed E-state index contributed by atoms with van der Waals surface area (Å²) >= 11 is 3.02. The number of hydrogen-bond donors (Lipinski definition) is 1. The molecule has 9 nitrogen and oxygen atoms in total. The highest BCUT2D eigenvalue weighted by molar-refractivity contribution is 8.00. The Kier molecular flexibility index (Phi) is 6.76. The van der Waals surface area contributed by atoms with Crippen LogP contribution in [0.25, 0.3) is 0 Å². The van der Waals surface area contributed by atoms with Gasteiger partial charge in [-0.05, 0) is 18.6 Å². The van der Waals surface area contributed by atoms with Crippen LogP contribution in [-0.2, 0) is 24.6 Å². The molecule has 0 amide bonds. The smallest absolute Gasteiger partial charge is 0.338 e. The standard InChI is InChI=1S/C20H20N4O5S2/c1-11-9-30-19(22-11)31-10-12-6-4-5-7-13(12)18(27)29-8-14(25)15-16(21)23(2)20(28)24(3)17(15)26/h4-7,9H,8,10,21H2,1-3H3. The van der Waals surface area contributed by atoms with E-state index in [0.717, 1.165) is 24.7 Å². The highest BCUT2D eigenvalue weighted by atomic mass is 32.2. The number of benzene rings is 1. The lowest BCUT2D eigenvalue weighted by atomic mass is 10.1. The molecular formula is C20H20N4O5S2. The van der Waals surface area contributed by atoms with Crippen molar-refractivity contribution < 1.29 is 14.3 Å². The van der Waals surface area contributed by atoms with Crippen LogP contribution in [-0.4, -0.2) is 32.5 Å². The van der Waals surface area contributed by atoms with Gasteiger partial charge in [0.2, 0.25) is 5.78 Å². The molecule has 0 unspecified atom stereocenters. The maximum atomic E-state index is 12.6. The number of nitrogens with two attached hydrogens (primary N) is 1. The SMILES string of the molecule is Cc1csc(SCc2ccccc2C(=O)OCC(=O)c2c(N)n(C)c(=O)n(C)c2=O)n1. The van der Waals surface area contributed by atoms with Crippen LogP contribution in [0.15, 0.2) is 43.6 Å².